The number of hydrogen-bond acceptors (Lipinski definition) is 8. The Balaban J connectivity index is 1.91. The topological polar surface area (TPSA) is 147 Å². The van der Waals surface area contributed by atoms with Crippen LogP contribution in [0.1, 0.15) is 67.2 Å². The van der Waals surface area contributed by atoms with Gasteiger partial charge < -0.3 is 24.7 Å². The van der Waals surface area contributed by atoms with Gasteiger partial charge in [0.15, 0.2) is 5.69 Å². The first-order valence-electron chi connectivity index (χ1n) is 14.3. The highest BCUT2D eigenvalue weighted by molar-refractivity contribution is 7.88. The number of sulfonamides is 1. The molecule has 1 amide bonds. The largest absolute Gasteiger partial charge is 0.618 e. The Morgan fingerprint density at radius 2 is 1.79 bits per heavy atom. The second-order valence-electron chi connectivity index (χ2n) is 12.4. The predicted molar refractivity (Wildman–Crippen MR) is 161 cm³/mol. The van der Waals surface area contributed by atoms with Crippen LogP contribution in [0.4, 0.5) is 16.2 Å². The molecule has 2 aromatic rings. The van der Waals surface area contributed by atoms with Gasteiger partial charge in [-0.15, -0.1) is 0 Å². The van der Waals surface area contributed by atoms with Crippen LogP contribution in [0.2, 0.25) is 0 Å². The standard InChI is InChI=1S/C29H45N5O7S/c1-8-40-20-25-30-23-19-33(37)24-16-12-11-15-22(24)26(23)34(25,21-29(5,6)31-42(7,38)39)41-18-14-10-9-13-17-32(27(35)36)28(2,3)4/h11-12,15-16,19,31H,8-10,13-14,17-18,20-21H2,1-7H3. The molecule has 1 unspecified atom stereocenters. The van der Waals surface area contributed by atoms with Gasteiger partial charge in [-0.1, -0.05) is 29.6 Å². The summed E-state index contributed by atoms with van der Waals surface area (Å²) >= 11 is 0. The fourth-order valence-electron chi connectivity index (χ4n) is 5.48. The van der Waals surface area contributed by atoms with E-state index in [1.165, 1.54) is 11.1 Å². The van der Waals surface area contributed by atoms with Crippen LogP contribution in [0.3, 0.4) is 0 Å². The number of pyridine rings is 1. The number of nitrogens with zero attached hydrogens (tertiary/aromatic N) is 4. The second-order valence-corrected chi connectivity index (χ2v) is 14.1. The Kier molecular flexibility index (Phi) is 10.6. The van der Waals surface area contributed by atoms with E-state index in [1.54, 1.807) is 26.0 Å². The summed E-state index contributed by atoms with van der Waals surface area (Å²) in [5, 5.41) is 25.1. The van der Waals surface area contributed by atoms with Crippen LogP contribution < -0.4 is 19.2 Å². The second kappa shape index (κ2) is 13.2. The van der Waals surface area contributed by atoms with Crippen molar-refractivity contribution in [2.24, 2.45) is 4.99 Å². The van der Waals surface area contributed by atoms with Crippen molar-refractivity contribution in [2.45, 2.75) is 78.3 Å². The van der Waals surface area contributed by atoms with E-state index in [2.05, 4.69) is 4.72 Å². The molecule has 1 N–H and O–H groups in total. The Hall–Kier alpha value is -2.84. The summed E-state index contributed by atoms with van der Waals surface area (Å²) in [6, 6.07) is 7.19. The van der Waals surface area contributed by atoms with E-state index in [0.717, 1.165) is 23.8 Å². The maximum atomic E-state index is 12.9. The van der Waals surface area contributed by atoms with Crippen molar-refractivity contribution < 1.29 is 32.6 Å². The summed E-state index contributed by atoms with van der Waals surface area (Å²) in [6.45, 7) is 12.4. The number of hydrogen-bond donors (Lipinski definition) is 1. The number of aromatic nitrogens is 1. The highest BCUT2D eigenvalue weighted by Gasteiger charge is 2.53. The maximum absolute atomic E-state index is 12.9. The van der Waals surface area contributed by atoms with E-state index in [-0.39, 0.29) is 17.8 Å². The summed E-state index contributed by atoms with van der Waals surface area (Å²) in [5.74, 6) is 0.515. The number of fused-ring (bicyclic) bond motifs is 3. The Morgan fingerprint density at radius 3 is 2.40 bits per heavy atom. The number of para-hydroxylation sites is 1. The highest BCUT2D eigenvalue weighted by Crippen LogP contribution is 2.46. The summed E-state index contributed by atoms with van der Waals surface area (Å²) in [7, 11) is -3.56. The lowest BCUT2D eigenvalue weighted by atomic mass is 10.0. The van der Waals surface area contributed by atoms with E-state index >= 15 is 0 Å². The molecule has 13 heteroatoms. The molecule has 0 fully saturated rings. The van der Waals surface area contributed by atoms with Gasteiger partial charge in [-0.2, -0.15) is 14.6 Å². The first-order valence-corrected chi connectivity index (χ1v) is 16.2. The van der Waals surface area contributed by atoms with Gasteiger partial charge in [0, 0.05) is 24.8 Å². The van der Waals surface area contributed by atoms with Crippen molar-refractivity contribution in [3.8, 4) is 0 Å². The van der Waals surface area contributed by atoms with E-state index < -0.39 is 27.2 Å². The lowest BCUT2D eigenvalue weighted by Gasteiger charge is -2.38. The number of carbonyl (C=O) groups excluding carboxylic acids is 1. The fraction of sp³-hybridized carbons (Fsp3) is 0.621. The average Bonchev–Trinajstić information content (AvgIpc) is 3.13. The molecule has 12 nitrogen and oxygen atoms in total. The fourth-order valence-corrected chi connectivity index (χ4v) is 6.55. The van der Waals surface area contributed by atoms with E-state index in [4.69, 9.17) is 14.6 Å². The van der Waals surface area contributed by atoms with Gasteiger partial charge in [-0.25, -0.2) is 13.1 Å². The maximum Gasteiger partial charge on any atom is 0.268 e. The lowest BCUT2D eigenvalue weighted by Crippen LogP contribution is -2.63. The third-order valence-electron chi connectivity index (χ3n) is 7.04. The van der Waals surface area contributed by atoms with Gasteiger partial charge in [0.25, 0.3) is 5.84 Å². The quantitative estimate of drug-likeness (QED) is 0.142. The van der Waals surface area contributed by atoms with Crippen LogP contribution in [0.15, 0.2) is 35.5 Å². The van der Waals surface area contributed by atoms with E-state index in [9.17, 15) is 23.5 Å². The number of amidine groups is 1. The van der Waals surface area contributed by atoms with E-state index in [1.807, 2.05) is 39.8 Å². The summed E-state index contributed by atoms with van der Waals surface area (Å²) in [6.07, 6.45) is 4.29. The SMILES string of the molecule is CCOCC1=Nc2c[n+]([O-])c3ccccc3c2[N+]1(CC(C)(C)NS(C)(=O)=O)OCCCCCCN(C(=O)[O-])C(C)(C)C. The van der Waals surface area contributed by atoms with Crippen LogP contribution in [0, 0.1) is 5.21 Å². The first kappa shape index (κ1) is 33.7. The number of rotatable bonds is 15. The van der Waals surface area contributed by atoms with Gasteiger partial charge in [0.2, 0.25) is 27.4 Å². The minimum atomic E-state index is -3.56. The minimum absolute atomic E-state index is 0.124. The molecule has 2 heterocycles. The molecule has 234 valence electrons. The molecular formula is C29H45N5O7S. The Morgan fingerprint density at radius 1 is 1.12 bits per heavy atom. The number of carbonyl (C=O) groups is 1. The molecule has 1 aliphatic rings. The smallest absolute Gasteiger partial charge is 0.268 e. The molecule has 1 atom stereocenters. The van der Waals surface area contributed by atoms with E-state index in [0.29, 0.717) is 60.7 Å². The molecular weight excluding hydrogens is 562 g/mol. The van der Waals surface area contributed by atoms with Crippen molar-refractivity contribution in [3.63, 3.8) is 0 Å². The molecule has 0 bridgehead atoms. The van der Waals surface area contributed by atoms with Crippen molar-refractivity contribution in [3.05, 3.63) is 35.7 Å². The van der Waals surface area contributed by atoms with Crippen molar-refractivity contribution in [1.29, 1.82) is 0 Å². The molecule has 0 saturated carbocycles. The van der Waals surface area contributed by atoms with Crippen LogP contribution in [0.5, 0.6) is 0 Å². The molecule has 0 aliphatic carbocycles. The molecule has 0 radical (unpaired) electrons. The zero-order chi connectivity index (χ0) is 31.3. The molecule has 42 heavy (non-hydrogen) atoms. The van der Waals surface area contributed by atoms with Crippen molar-refractivity contribution in [2.75, 3.05) is 39.2 Å². The van der Waals surface area contributed by atoms with Crippen molar-refractivity contribution in [1.82, 2.24) is 14.3 Å². The third-order valence-corrected chi connectivity index (χ3v) is 7.96. The molecule has 0 spiro atoms. The van der Waals surface area contributed by atoms with Gasteiger partial charge in [-0.3, -0.25) is 0 Å². The zero-order valence-corrected chi connectivity index (χ0v) is 26.6. The van der Waals surface area contributed by atoms with Gasteiger partial charge in [-0.05, 0) is 60.5 Å². The molecule has 1 aromatic heterocycles. The molecule has 0 saturated heterocycles. The number of aliphatic imine (C=N–C) groups is 1. The third kappa shape index (κ3) is 8.16. The number of quaternary nitrogens is 1. The number of carboxylic acid groups (broad SMARTS) is 1. The summed E-state index contributed by atoms with van der Waals surface area (Å²) < 4.78 is 33.6. The summed E-state index contributed by atoms with van der Waals surface area (Å²) in [4.78, 5) is 24.4. The number of nitrogens with one attached hydrogen (secondary N) is 1. The number of unbranched alkanes of at least 4 members (excludes halogenated alkanes) is 3. The molecule has 3 rings (SSSR count). The monoisotopic (exact) mass is 607 g/mol. The summed E-state index contributed by atoms with van der Waals surface area (Å²) in [5.41, 5.74) is 0.0490. The Bertz CT molecular complexity index is 1410. The van der Waals surface area contributed by atoms with Crippen LogP contribution in [0.25, 0.3) is 10.9 Å². The Labute approximate surface area is 249 Å². The predicted octanol–water partition coefficient (Wildman–Crippen LogP) is 3.12. The molecule has 1 aliphatic heterocycles. The first-order chi connectivity index (χ1) is 19.5. The van der Waals surface area contributed by atoms with Gasteiger partial charge >= 0.3 is 0 Å². The van der Waals surface area contributed by atoms with Gasteiger partial charge in [0.1, 0.15) is 31.2 Å². The molecule has 1 aromatic carbocycles. The minimum Gasteiger partial charge on any atom is -0.618 e. The van der Waals surface area contributed by atoms with Crippen LogP contribution >= 0.6 is 0 Å². The number of ether oxygens (including phenoxy) is 1. The number of hydroxylamine groups is 2. The van der Waals surface area contributed by atoms with Crippen LogP contribution in [-0.4, -0.2) is 75.5 Å². The van der Waals surface area contributed by atoms with Crippen molar-refractivity contribution >= 4 is 44.2 Å². The normalized spacial score (nSPS) is 17.4. The zero-order valence-electron chi connectivity index (χ0n) is 25.8. The van der Waals surface area contributed by atoms with Gasteiger partial charge in [0.05, 0.1) is 11.8 Å². The lowest BCUT2D eigenvalue weighted by molar-refractivity contribution is -0.576. The highest BCUT2D eigenvalue weighted by atomic mass is 32.2. The van der Waals surface area contributed by atoms with Crippen LogP contribution in [-0.2, 0) is 19.6 Å². The number of benzene rings is 1. The average molecular weight is 608 g/mol. The number of amides is 1.